The van der Waals surface area contributed by atoms with E-state index in [0.29, 0.717) is 31.1 Å². The lowest BCUT2D eigenvalue weighted by Crippen LogP contribution is -2.49. The summed E-state index contributed by atoms with van der Waals surface area (Å²) in [4.78, 5) is 31.6. The monoisotopic (exact) mass is 555 g/mol. The largest absolute Gasteiger partial charge is 0.357 e. The van der Waals surface area contributed by atoms with Gasteiger partial charge in [-0.25, -0.2) is 4.99 Å². The normalized spacial score (nSPS) is 15.0. The number of halogens is 1. The minimum Gasteiger partial charge on any atom is -0.357 e. The first-order valence-corrected chi connectivity index (χ1v) is 11.1. The van der Waals surface area contributed by atoms with Crippen molar-refractivity contribution >= 4 is 53.1 Å². The molecule has 168 valence electrons. The molecule has 1 aromatic carbocycles. The van der Waals surface area contributed by atoms with Crippen LogP contribution in [0.5, 0.6) is 0 Å². The van der Waals surface area contributed by atoms with Gasteiger partial charge in [0.15, 0.2) is 5.96 Å². The summed E-state index contributed by atoms with van der Waals surface area (Å²) in [5, 5.41) is 11.5. The molecule has 1 unspecified atom stereocenters. The summed E-state index contributed by atoms with van der Waals surface area (Å²) in [6.45, 7) is 7.52. The van der Waals surface area contributed by atoms with Gasteiger partial charge in [0.1, 0.15) is 0 Å². The number of benzene rings is 1. The number of amides is 2. The van der Waals surface area contributed by atoms with Crippen LogP contribution in [0.2, 0.25) is 0 Å². The fourth-order valence-corrected chi connectivity index (χ4v) is 3.97. The molecule has 1 fully saturated rings. The predicted molar refractivity (Wildman–Crippen MR) is 136 cm³/mol. The maximum atomic E-state index is 12.6. The van der Waals surface area contributed by atoms with Crippen molar-refractivity contribution in [2.45, 2.75) is 26.3 Å². The number of rotatable bonds is 7. The molecule has 0 bridgehead atoms. The Morgan fingerprint density at radius 1 is 1.26 bits per heavy atom. The smallest absolute Gasteiger partial charge is 0.254 e. The first-order chi connectivity index (χ1) is 14.6. The highest BCUT2D eigenvalue weighted by molar-refractivity contribution is 14.0. The van der Waals surface area contributed by atoms with Gasteiger partial charge in [-0.2, -0.15) is 0 Å². The lowest BCUT2D eigenvalue weighted by molar-refractivity contribution is -0.123. The number of piperazine rings is 1. The summed E-state index contributed by atoms with van der Waals surface area (Å²) in [7, 11) is 0. The van der Waals surface area contributed by atoms with Gasteiger partial charge in [-0.15, -0.1) is 35.3 Å². The van der Waals surface area contributed by atoms with Gasteiger partial charge >= 0.3 is 0 Å². The Hall–Kier alpha value is -2.14. The van der Waals surface area contributed by atoms with Crippen LogP contribution >= 0.6 is 35.3 Å². The lowest BCUT2D eigenvalue weighted by Gasteiger charge is -2.26. The van der Waals surface area contributed by atoms with Gasteiger partial charge < -0.3 is 20.9 Å². The van der Waals surface area contributed by atoms with E-state index in [2.05, 4.69) is 45.4 Å². The molecule has 0 radical (unpaired) electrons. The van der Waals surface area contributed by atoms with Crippen molar-refractivity contribution < 1.29 is 9.59 Å². The van der Waals surface area contributed by atoms with Crippen molar-refractivity contribution in [2.24, 2.45) is 4.99 Å². The molecule has 1 saturated heterocycles. The molecule has 2 aromatic rings. The molecule has 7 nitrogen and oxygen atoms in total. The van der Waals surface area contributed by atoms with Crippen LogP contribution < -0.4 is 16.0 Å². The highest BCUT2D eigenvalue weighted by Crippen LogP contribution is 2.19. The molecular weight excluding hydrogens is 525 g/mol. The van der Waals surface area contributed by atoms with Crippen LogP contribution in [0.25, 0.3) is 0 Å². The number of guanidine groups is 1. The van der Waals surface area contributed by atoms with Gasteiger partial charge in [0.2, 0.25) is 5.91 Å². The second-order valence-corrected chi connectivity index (χ2v) is 8.25. The zero-order valence-corrected chi connectivity index (χ0v) is 21.0. The maximum absolute atomic E-state index is 12.6. The Kier molecular flexibility index (Phi) is 10.3. The predicted octanol–water partition coefficient (Wildman–Crippen LogP) is 2.80. The van der Waals surface area contributed by atoms with Crippen LogP contribution in [0.15, 0.2) is 46.8 Å². The van der Waals surface area contributed by atoms with Crippen LogP contribution in [0.4, 0.5) is 0 Å². The highest BCUT2D eigenvalue weighted by Gasteiger charge is 2.22. The zero-order valence-electron chi connectivity index (χ0n) is 17.9. The number of thiophene rings is 1. The minimum absolute atomic E-state index is 0. The van der Waals surface area contributed by atoms with E-state index in [0.717, 1.165) is 24.6 Å². The van der Waals surface area contributed by atoms with Crippen molar-refractivity contribution in [3.8, 4) is 0 Å². The van der Waals surface area contributed by atoms with E-state index >= 15 is 0 Å². The van der Waals surface area contributed by atoms with Crippen molar-refractivity contribution in [3.05, 3.63) is 57.8 Å². The fraction of sp³-hybridized carbons (Fsp3) is 0.409. The average molecular weight is 555 g/mol. The molecule has 0 aliphatic carbocycles. The molecular formula is C22H30IN5O2S. The Bertz CT molecular complexity index is 871. The Morgan fingerprint density at radius 2 is 2.03 bits per heavy atom. The summed E-state index contributed by atoms with van der Waals surface area (Å²) in [5.41, 5.74) is 1.61. The molecule has 0 spiro atoms. The SMILES string of the molecule is CCNC(=NCc1ccc(C(=O)N2CCNC(=O)C2)cc1)NCC(C)c1cccs1.I. The third-order valence-electron chi connectivity index (χ3n) is 4.90. The van der Waals surface area contributed by atoms with Crippen LogP contribution in [0, 0.1) is 0 Å². The number of aliphatic imine (C=N–C) groups is 1. The molecule has 1 atom stereocenters. The molecule has 31 heavy (non-hydrogen) atoms. The summed E-state index contributed by atoms with van der Waals surface area (Å²) in [6.07, 6.45) is 0. The zero-order chi connectivity index (χ0) is 21.3. The Morgan fingerprint density at radius 3 is 2.68 bits per heavy atom. The third-order valence-corrected chi connectivity index (χ3v) is 6.00. The second-order valence-electron chi connectivity index (χ2n) is 7.27. The summed E-state index contributed by atoms with van der Waals surface area (Å²) in [6, 6.07) is 11.7. The standard InChI is InChI=1S/C22H29N5O2S.HI/c1-3-23-22(25-13-16(2)19-5-4-12-30-19)26-14-17-6-8-18(9-7-17)21(29)27-11-10-24-20(28)15-27;/h4-9,12,16H,3,10-11,13-15H2,1-2H3,(H,24,28)(H2,23,25,26);1H. The van der Waals surface area contributed by atoms with E-state index in [1.807, 2.05) is 19.1 Å². The van der Waals surface area contributed by atoms with Gasteiger partial charge in [-0.3, -0.25) is 9.59 Å². The molecule has 3 rings (SSSR count). The number of carbonyl (C=O) groups is 2. The molecule has 1 aliphatic rings. The quantitative estimate of drug-likeness (QED) is 0.279. The average Bonchev–Trinajstić information content (AvgIpc) is 3.30. The lowest BCUT2D eigenvalue weighted by atomic mass is 10.1. The summed E-state index contributed by atoms with van der Waals surface area (Å²) >= 11 is 1.77. The first kappa shape index (κ1) is 25.1. The topological polar surface area (TPSA) is 85.8 Å². The Labute approximate surface area is 204 Å². The minimum atomic E-state index is -0.114. The van der Waals surface area contributed by atoms with E-state index in [9.17, 15) is 9.59 Å². The summed E-state index contributed by atoms with van der Waals surface area (Å²) in [5.74, 6) is 0.964. The number of nitrogens with zero attached hydrogens (tertiary/aromatic N) is 2. The molecule has 2 amide bonds. The van der Waals surface area contributed by atoms with Crippen LogP contribution in [-0.2, 0) is 11.3 Å². The molecule has 1 aliphatic heterocycles. The van der Waals surface area contributed by atoms with Crippen molar-refractivity contribution in [1.29, 1.82) is 0 Å². The van der Waals surface area contributed by atoms with Gasteiger partial charge in [0.05, 0.1) is 13.1 Å². The molecule has 9 heteroatoms. The highest BCUT2D eigenvalue weighted by atomic mass is 127. The fourth-order valence-electron chi connectivity index (χ4n) is 3.18. The molecule has 3 N–H and O–H groups in total. The van der Waals surface area contributed by atoms with Gasteiger partial charge in [0, 0.05) is 42.5 Å². The van der Waals surface area contributed by atoms with Crippen molar-refractivity contribution in [3.63, 3.8) is 0 Å². The third kappa shape index (κ3) is 7.49. The second kappa shape index (κ2) is 12.7. The maximum Gasteiger partial charge on any atom is 0.254 e. The van der Waals surface area contributed by atoms with Crippen LogP contribution in [0.1, 0.15) is 40.6 Å². The number of hydrogen-bond acceptors (Lipinski definition) is 4. The van der Waals surface area contributed by atoms with Gasteiger partial charge in [-0.05, 0) is 36.1 Å². The molecule has 2 heterocycles. The van der Waals surface area contributed by atoms with Crippen LogP contribution in [-0.4, -0.2) is 55.4 Å². The van der Waals surface area contributed by atoms with Crippen LogP contribution in [0.3, 0.4) is 0 Å². The number of hydrogen-bond donors (Lipinski definition) is 3. The van der Waals surface area contributed by atoms with E-state index in [1.165, 1.54) is 4.88 Å². The first-order valence-electron chi connectivity index (χ1n) is 10.3. The van der Waals surface area contributed by atoms with Gasteiger partial charge in [-0.1, -0.05) is 25.1 Å². The Balaban J connectivity index is 0.00000341. The van der Waals surface area contributed by atoms with E-state index in [1.54, 1.807) is 28.4 Å². The van der Waals surface area contributed by atoms with Crippen molar-refractivity contribution in [2.75, 3.05) is 32.7 Å². The summed E-state index contributed by atoms with van der Waals surface area (Å²) < 4.78 is 0. The van der Waals surface area contributed by atoms with Crippen molar-refractivity contribution in [1.82, 2.24) is 20.9 Å². The molecule has 1 aromatic heterocycles. The number of nitrogens with one attached hydrogen (secondary N) is 3. The van der Waals surface area contributed by atoms with E-state index < -0.39 is 0 Å². The van der Waals surface area contributed by atoms with E-state index in [4.69, 9.17) is 0 Å². The van der Waals surface area contributed by atoms with E-state index in [-0.39, 0.29) is 42.3 Å². The molecule has 0 saturated carbocycles. The van der Waals surface area contributed by atoms with Gasteiger partial charge in [0.25, 0.3) is 5.91 Å². The number of carbonyl (C=O) groups excluding carboxylic acids is 2.